The van der Waals surface area contributed by atoms with Gasteiger partial charge in [0.25, 0.3) is 5.56 Å². The molecule has 0 amide bonds. The highest BCUT2D eigenvalue weighted by molar-refractivity contribution is 7.20. The van der Waals surface area contributed by atoms with Gasteiger partial charge in [-0.25, -0.2) is 9.78 Å². The number of aryl methyl sites for hydroxylation is 1. The molecule has 2 aromatic rings. The van der Waals surface area contributed by atoms with Crippen LogP contribution in [0.25, 0.3) is 10.2 Å². The number of esters is 1. The lowest BCUT2D eigenvalue weighted by Crippen LogP contribution is -2.43. The van der Waals surface area contributed by atoms with Gasteiger partial charge in [-0.05, 0) is 39.2 Å². The molecule has 0 aromatic carbocycles. The van der Waals surface area contributed by atoms with E-state index in [-0.39, 0.29) is 18.3 Å². The van der Waals surface area contributed by atoms with E-state index in [4.69, 9.17) is 9.47 Å². The van der Waals surface area contributed by atoms with Crippen LogP contribution >= 0.6 is 11.3 Å². The molecule has 2 N–H and O–H groups in total. The molecule has 1 aliphatic rings. The van der Waals surface area contributed by atoms with Gasteiger partial charge in [-0.3, -0.25) is 9.69 Å². The van der Waals surface area contributed by atoms with E-state index < -0.39 is 12.1 Å². The summed E-state index contributed by atoms with van der Waals surface area (Å²) in [7, 11) is 1.33. The monoisotopic (exact) mass is 451 g/mol. The van der Waals surface area contributed by atoms with Crippen LogP contribution in [0.4, 0.5) is 0 Å². The molecule has 0 radical (unpaired) electrons. The zero-order chi connectivity index (χ0) is 22.5. The SMILES string of the molecule is COC(=O)c1sc2nc(CN(CC(O)COC(C)C)C3CCCCC3)[nH]c(=O)c2c1C. The zero-order valence-corrected chi connectivity index (χ0v) is 19.6. The summed E-state index contributed by atoms with van der Waals surface area (Å²) in [4.78, 5) is 35.5. The Hall–Kier alpha value is -1.81. The third-order valence-corrected chi connectivity index (χ3v) is 6.90. The average molecular weight is 452 g/mol. The summed E-state index contributed by atoms with van der Waals surface area (Å²) in [5.41, 5.74) is 0.341. The fraction of sp³-hybridized carbons (Fsp3) is 0.682. The van der Waals surface area contributed by atoms with Crippen LogP contribution in [-0.2, 0) is 16.0 Å². The van der Waals surface area contributed by atoms with Gasteiger partial charge in [0.2, 0.25) is 0 Å². The summed E-state index contributed by atoms with van der Waals surface area (Å²) in [6, 6.07) is 0.333. The van der Waals surface area contributed by atoms with Crippen LogP contribution in [0.5, 0.6) is 0 Å². The van der Waals surface area contributed by atoms with Crippen LogP contribution in [0.15, 0.2) is 4.79 Å². The summed E-state index contributed by atoms with van der Waals surface area (Å²) < 4.78 is 10.4. The first-order valence-corrected chi connectivity index (χ1v) is 11.8. The van der Waals surface area contributed by atoms with E-state index in [9.17, 15) is 14.7 Å². The molecular formula is C22H33N3O5S. The van der Waals surface area contributed by atoms with Crippen molar-refractivity contribution in [3.05, 3.63) is 26.6 Å². The topological polar surface area (TPSA) is 105 Å². The number of nitrogens with one attached hydrogen (secondary N) is 1. The van der Waals surface area contributed by atoms with E-state index in [0.717, 1.165) is 25.7 Å². The van der Waals surface area contributed by atoms with Crippen molar-refractivity contribution in [1.82, 2.24) is 14.9 Å². The second-order valence-electron chi connectivity index (χ2n) is 8.50. The van der Waals surface area contributed by atoms with Gasteiger partial charge >= 0.3 is 5.97 Å². The number of aromatic amines is 1. The van der Waals surface area contributed by atoms with Crippen LogP contribution in [-0.4, -0.2) is 64.5 Å². The van der Waals surface area contributed by atoms with Crippen molar-refractivity contribution in [1.29, 1.82) is 0 Å². The van der Waals surface area contributed by atoms with Gasteiger partial charge in [-0.15, -0.1) is 11.3 Å². The third-order valence-electron chi connectivity index (χ3n) is 5.73. The van der Waals surface area contributed by atoms with Crippen molar-refractivity contribution in [3.63, 3.8) is 0 Å². The molecule has 2 aromatic heterocycles. The lowest BCUT2D eigenvalue weighted by Gasteiger charge is -2.35. The number of hydrogen-bond donors (Lipinski definition) is 2. The number of carbonyl (C=O) groups is 1. The molecule has 1 fully saturated rings. The predicted octanol–water partition coefficient (Wildman–Crippen LogP) is 3.00. The molecule has 0 spiro atoms. The van der Waals surface area contributed by atoms with Gasteiger partial charge in [0, 0.05) is 12.6 Å². The van der Waals surface area contributed by atoms with E-state index >= 15 is 0 Å². The quantitative estimate of drug-likeness (QED) is 0.565. The Morgan fingerprint density at radius 3 is 2.68 bits per heavy atom. The molecule has 9 heteroatoms. The first-order chi connectivity index (χ1) is 14.8. The number of rotatable bonds is 9. The number of aliphatic hydroxyl groups is 1. The van der Waals surface area contributed by atoms with E-state index in [2.05, 4.69) is 14.9 Å². The second kappa shape index (κ2) is 10.7. The number of aliphatic hydroxyl groups excluding tert-OH is 1. The number of fused-ring (bicyclic) bond motifs is 1. The van der Waals surface area contributed by atoms with Crippen molar-refractivity contribution >= 4 is 27.5 Å². The standard InChI is InChI=1S/C22H33N3O5S/c1-13(2)30-12-16(26)10-25(15-8-6-5-7-9-15)11-17-23-20(27)18-14(3)19(22(28)29-4)31-21(18)24-17/h13,15-16,26H,5-12H2,1-4H3,(H,23,24,27). The van der Waals surface area contributed by atoms with Crippen molar-refractivity contribution in [2.45, 2.75) is 77.7 Å². The van der Waals surface area contributed by atoms with Crippen LogP contribution in [0, 0.1) is 6.92 Å². The Labute approximate surface area is 186 Å². The van der Waals surface area contributed by atoms with Gasteiger partial charge in [-0.2, -0.15) is 0 Å². The largest absolute Gasteiger partial charge is 0.465 e. The first kappa shape index (κ1) is 23.8. The molecule has 8 nitrogen and oxygen atoms in total. The molecule has 0 aliphatic heterocycles. The molecule has 31 heavy (non-hydrogen) atoms. The number of methoxy groups -OCH3 is 1. The molecule has 1 aliphatic carbocycles. The lowest BCUT2D eigenvalue weighted by atomic mass is 9.94. The van der Waals surface area contributed by atoms with Crippen LogP contribution in [0.2, 0.25) is 0 Å². The van der Waals surface area contributed by atoms with E-state index in [1.165, 1.54) is 24.9 Å². The van der Waals surface area contributed by atoms with Crippen LogP contribution in [0.1, 0.15) is 67.0 Å². The van der Waals surface area contributed by atoms with Crippen molar-refractivity contribution in [3.8, 4) is 0 Å². The van der Waals surface area contributed by atoms with Gasteiger partial charge in [0.15, 0.2) is 0 Å². The lowest BCUT2D eigenvalue weighted by molar-refractivity contribution is -0.0189. The molecule has 3 rings (SSSR count). The number of H-pyrrole nitrogens is 1. The normalized spacial score (nSPS) is 16.4. The Bertz CT molecular complexity index is 949. The summed E-state index contributed by atoms with van der Waals surface area (Å²) in [5.74, 6) is 0.0799. The van der Waals surface area contributed by atoms with Crippen molar-refractivity contribution in [2.75, 3.05) is 20.3 Å². The molecule has 0 saturated heterocycles. The highest BCUT2D eigenvalue weighted by Gasteiger charge is 2.25. The maximum Gasteiger partial charge on any atom is 0.348 e. The van der Waals surface area contributed by atoms with Gasteiger partial charge in [-0.1, -0.05) is 19.3 Å². The molecule has 172 valence electrons. The maximum atomic E-state index is 12.8. The van der Waals surface area contributed by atoms with Crippen molar-refractivity contribution < 1.29 is 19.4 Å². The van der Waals surface area contributed by atoms with Crippen molar-refractivity contribution in [2.24, 2.45) is 0 Å². The molecule has 0 bridgehead atoms. The summed E-state index contributed by atoms with van der Waals surface area (Å²) >= 11 is 1.18. The zero-order valence-electron chi connectivity index (χ0n) is 18.8. The highest BCUT2D eigenvalue weighted by atomic mass is 32.1. The Kier molecular flexibility index (Phi) is 8.21. The van der Waals surface area contributed by atoms with Crippen LogP contribution in [0.3, 0.4) is 0 Å². The third kappa shape index (κ3) is 5.91. The number of aromatic nitrogens is 2. The number of hydrogen-bond acceptors (Lipinski definition) is 8. The Morgan fingerprint density at radius 2 is 2.03 bits per heavy atom. The van der Waals surface area contributed by atoms with E-state index in [1.54, 1.807) is 6.92 Å². The predicted molar refractivity (Wildman–Crippen MR) is 121 cm³/mol. The second-order valence-corrected chi connectivity index (χ2v) is 9.50. The number of carbonyl (C=O) groups excluding carboxylic acids is 1. The molecule has 2 heterocycles. The first-order valence-electron chi connectivity index (χ1n) is 10.9. The smallest absolute Gasteiger partial charge is 0.348 e. The highest BCUT2D eigenvalue weighted by Crippen LogP contribution is 2.28. The maximum absolute atomic E-state index is 12.8. The average Bonchev–Trinajstić information content (AvgIpc) is 3.08. The van der Waals surface area contributed by atoms with Gasteiger partial charge in [0.05, 0.1) is 37.9 Å². The van der Waals surface area contributed by atoms with Gasteiger partial charge < -0.3 is 19.6 Å². The minimum absolute atomic E-state index is 0.0595. The molecular weight excluding hydrogens is 418 g/mol. The number of thiophene rings is 1. The number of ether oxygens (including phenoxy) is 2. The Morgan fingerprint density at radius 1 is 1.32 bits per heavy atom. The van der Waals surface area contributed by atoms with E-state index in [0.29, 0.717) is 45.6 Å². The van der Waals surface area contributed by atoms with Gasteiger partial charge in [0.1, 0.15) is 15.5 Å². The minimum atomic E-state index is -0.616. The fourth-order valence-electron chi connectivity index (χ4n) is 4.16. The minimum Gasteiger partial charge on any atom is -0.465 e. The Balaban J connectivity index is 1.85. The molecule has 1 atom stereocenters. The van der Waals surface area contributed by atoms with Crippen LogP contribution < -0.4 is 5.56 Å². The summed E-state index contributed by atoms with van der Waals surface area (Å²) in [6.45, 7) is 6.79. The summed E-state index contributed by atoms with van der Waals surface area (Å²) in [6.07, 6.45) is 5.13. The molecule has 1 saturated carbocycles. The number of nitrogens with zero attached hydrogens (tertiary/aromatic N) is 2. The summed E-state index contributed by atoms with van der Waals surface area (Å²) in [5, 5.41) is 11.0. The van der Waals surface area contributed by atoms with E-state index in [1.807, 2.05) is 13.8 Å². The fourth-order valence-corrected chi connectivity index (χ4v) is 5.28. The molecule has 1 unspecified atom stereocenters.